The van der Waals surface area contributed by atoms with Crippen LogP contribution in [0.25, 0.3) is 0 Å². The number of rotatable bonds is 6. The Balaban J connectivity index is 1.18. The van der Waals surface area contributed by atoms with Crippen molar-refractivity contribution in [3.05, 3.63) is 0 Å². The molecule has 2 saturated carbocycles. The van der Waals surface area contributed by atoms with E-state index < -0.39 is 59.8 Å². The number of nitrogens with zero attached hydrogens (tertiary/aromatic N) is 1. The molecule has 0 amide bonds. The van der Waals surface area contributed by atoms with Gasteiger partial charge in [-0.15, -0.1) is 0 Å². The summed E-state index contributed by atoms with van der Waals surface area (Å²) in [4.78, 5) is 40.9. The van der Waals surface area contributed by atoms with Crippen LogP contribution in [0.15, 0.2) is 0 Å². The van der Waals surface area contributed by atoms with Crippen LogP contribution >= 0.6 is 0 Å². The second-order valence-corrected chi connectivity index (χ2v) is 11.0. The summed E-state index contributed by atoms with van der Waals surface area (Å²) in [5.74, 6) is -1.56. The maximum atomic E-state index is 13.6. The molecule has 0 spiro atoms. The van der Waals surface area contributed by atoms with E-state index in [9.17, 15) is 14.4 Å². The van der Waals surface area contributed by atoms with Crippen molar-refractivity contribution in [2.24, 2.45) is 29.6 Å². The number of morpholine rings is 1. The van der Waals surface area contributed by atoms with Gasteiger partial charge in [0.2, 0.25) is 0 Å². The fraction of sp³-hybridized carbons (Fsp3) is 0.875. The van der Waals surface area contributed by atoms with E-state index in [0.29, 0.717) is 38.1 Å². The molecule has 6 rings (SSSR count). The molecule has 4 saturated heterocycles. The predicted octanol–water partition coefficient (Wildman–Crippen LogP) is 0.927. The molecule has 0 radical (unpaired) electrons. The number of fused-ring (bicyclic) bond motifs is 3. The van der Waals surface area contributed by atoms with Crippen LogP contribution in [0.4, 0.5) is 0 Å². The van der Waals surface area contributed by atoms with Gasteiger partial charge in [0.25, 0.3) is 0 Å². The normalized spacial score (nSPS) is 45.6. The Morgan fingerprint density at radius 2 is 1.94 bits per heavy atom. The molecule has 182 valence electrons. The minimum absolute atomic E-state index is 0.135. The van der Waals surface area contributed by atoms with Crippen LogP contribution in [0.5, 0.6) is 0 Å². The number of ether oxygens (including phenoxy) is 5. The highest BCUT2D eigenvalue weighted by molar-refractivity contribution is 5.87. The Labute approximate surface area is 193 Å². The lowest BCUT2D eigenvalue weighted by Gasteiger charge is -2.42. The Morgan fingerprint density at radius 3 is 2.61 bits per heavy atom. The van der Waals surface area contributed by atoms with Crippen molar-refractivity contribution in [1.82, 2.24) is 4.90 Å². The standard InChI is InChI=1S/C24H33NO8/c1-12(2)24(10-13-3-4-14(24)9-13)33-23(28)17-16-18-21(32-22(16)27)20(19(17)31-18)30-15(26)11-25-5-7-29-8-6-25/h12-14,16-21H,3-11H2,1-2H3. The molecule has 9 unspecified atom stereocenters. The van der Waals surface area contributed by atoms with Gasteiger partial charge in [0.15, 0.2) is 12.2 Å². The third-order valence-electron chi connectivity index (χ3n) is 9.01. The van der Waals surface area contributed by atoms with Crippen molar-refractivity contribution in [2.75, 3.05) is 32.8 Å². The molecular weight excluding hydrogens is 430 g/mol. The summed E-state index contributed by atoms with van der Waals surface area (Å²) in [7, 11) is 0. The summed E-state index contributed by atoms with van der Waals surface area (Å²) in [5, 5.41) is 0. The number of hydrogen-bond acceptors (Lipinski definition) is 9. The highest BCUT2D eigenvalue weighted by Crippen LogP contribution is 2.57. The van der Waals surface area contributed by atoms with Gasteiger partial charge in [0.1, 0.15) is 29.6 Å². The van der Waals surface area contributed by atoms with Gasteiger partial charge in [0.05, 0.1) is 19.8 Å². The van der Waals surface area contributed by atoms with E-state index in [1.807, 2.05) is 4.90 Å². The number of carbonyl (C=O) groups excluding carboxylic acids is 3. The fourth-order valence-electron chi connectivity index (χ4n) is 7.40. The van der Waals surface area contributed by atoms with Crippen molar-refractivity contribution in [1.29, 1.82) is 0 Å². The topological polar surface area (TPSA) is 101 Å². The largest absolute Gasteiger partial charge is 0.458 e. The molecule has 0 aromatic rings. The van der Waals surface area contributed by atoms with Crippen molar-refractivity contribution >= 4 is 17.9 Å². The van der Waals surface area contributed by atoms with E-state index in [4.69, 9.17) is 23.7 Å². The molecule has 0 aromatic carbocycles. The fourth-order valence-corrected chi connectivity index (χ4v) is 7.40. The SMILES string of the molecule is CC(C)C1(OC(=O)C2C3OC4C(OC(=O)C42)C3OC(=O)CN2CCOCC2)CC2CCC1C2. The lowest BCUT2D eigenvalue weighted by Crippen LogP contribution is -2.52. The number of esters is 3. The van der Waals surface area contributed by atoms with Crippen LogP contribution in [0.1, 0.15) is 39.5 Å². The van der Waals surface area contributed by atoms with Gasteiger partial charge < -0.3 is 23.7 Å². The Bertz CT molecular complexity index is 840. The van der Waals surface area contributed by atoms with Crippen LogP contribution < -0.4 is 0 Å². The van der Waals surface area contributed by atoms with Crippen molar-refractivity contribution in [3.8, 4) is 0 Å². The molecule has 4 heterocycles. The van der Waals surface area contributed by atoms with Crippen molar-refractivity contribution in [2.45, 2.75) is 69.5 Å². The molecule has 6 fully saturated rings. The predicted molar refractivity (Wildman–Crippen MR) is 112 cm³/mol. The lowest BCUT2D eigenvalue weighted by molar-refractivity contribution is -0.184. The third-order valence-corrected chi connectivity index (χ3v) is 9.01. The van der Waals surface area contributed by atoms with Gasteiger partial charge in [-0.05, 0) is 43.4 Å². The van der Waals surface area contributed by atoms with E-state index in [1.54, 1.807) is 0 Å². The van der Waals surface area contributed by atoms with Crippen LogP contribution in [0, 0.1) is 29.6 Å². The molecule has 4 aliphatic heterocycles. The molecule has 0 N–H and O–H groups in total. The number of hydrogen-bond donors (Lipinski definition) is 0. The summed E-state index contributed by atoms with van der Waals surface area (Å²) in [6.07, 6.45) is 1.58. The molecule has 4 bridgehead atoms. The maximum absolute atomic E-state index is 13.6. The average Bonchev–Trinajstić information content (AvgIpc) is 3.56. The second-order valence-electron chi connectivity index (χ2n) is 11.0. The van der Waals surface area contributed by atoms with Crippen molar-refractivity contribution < 1.29 is 38.1 Å². The van der Waals surface area contributed by atoms with E-state index in [1.165, 1.54) is 6.42 Å². The summed E-state index contributed by atoms with van der Waals surface area (Å²) in [6, 6.07) is 0. The van der Waals surface area contributed by atoms with E-state index >= 15 is 0 Å². The van der Waals surface area contributed by atoms with Gasteiger partial charge in [-0.3, -0.25) is 19.3 Å². The van der Waals surface area contributed by atoms with E-state index in [0.717, 1.165) is 19.3 Å². The summed E-state index contributed by atoms with van der Waals surface area (Å²) in [6.45, 7) is 6.85. The highest BCUT2D eigenvalue weighted by Gasteiger charge is 2.72. The van der Waals surface area contributed by atoms with Gasteiger partial charge in [-0.25, -0.2) is 0 Å². The number of carbonyl (C=O) groups is 3. The van der Waals surface area contributed by atoms with Crippen LogP contribution in [-0.2, 0) is 38.1 Å². The van der Waals surface area contributed by atoms with Crippen LogP contribution in [-0.4, -0.2) is 85.7 Å². The minimum atomic E-state index is -0.794. The molecule has 33 heavy (non-hydrogen) atoms. The minimum Gasteiger partial charge on any atom is -0.458 e. The first-order valence-electron chi connectivity index (χ1n) is 12.5. The Kier molecular flexibility index (Phi) is 5.23. The molecule has 2 aliphatic carbocycles. The lowest BCUT2D eigenvalue weighted by atomic mass is 9.75. The maximum Gasteiger partial charge on any atom is 0.320 e. The average molecular weight is 464 g/mol. The molecule has 6 aliphatic rings. The first-order chi connectivity index (χ1) is 15.9. The quantitative estimate of drug-likeness (QED) is 0.421. The zero-order valence-corrected chi connectivity index (χ0v) is 19.3. The van der Waals surface area contributed by atoms with Gasteiger partial charge in [0, 0.05) is 13.1 Å². The molecule has 9 nitrogen and oxygen atoms in total. The first kappa shape index (κ1) is 21.8. The Hall–Kier alpha value is -1.71. The summed E-state index contributed by atoms with van der Waals surface area (Å²) in [5.41, 5.74) is -0.480. The van der Waals surface area contributed by atoms with E-state index in [-0.39, 0.29) is 12.5 Å². The molecule has 0 aromatic heterocycles. The van der Waals surface area contributed by atoms with Gasteiger partial charge >= 0.3 is 17.9 Å². The zero-order valence-electron chi connectivity index (χ0n) is 19.3. The molecule has 9 heteroatoms. The molecule has 9 atom stereocenters. The van der Waals surface area contributed by atoms with Gasteiger partial charge in [-0.1, -0.05) is 13.8 Å². The van der Waals surface area contributed by atoms with Gasteiger partial charge in [-0.2, -0.15) is 0 Å². The van der Waals surface area contributed by atoms with E-state index in [2.05, 4.69) is 13.8 Å². The molecular formula is C24H33NO8. The summed E-state index contributed by atoms with van der Waals surface area (Å²) >= 11 is 0. The second kappa shape index (κ2) is 7.92. The monoisotopic (exact) mass is 463 g/mol. The van der Waals surface area contributed by atoms with Crippen LogP contribution in [0.2, 0.25) is 0 Å². The highest BCUT2D eigenvalue weighted by atomic mass is 16.7. The summed E-state index contributed by atoms with van der Waals surface area (Å²) < 4.78 is 29.0. The van der Waals surface area contributed by atoms with Crippen LogP contribution in [0.3, 0.4) is 0 Å². The smallest absolute Gasteiger partial charge is 0.320 e. The van der Waals surface area contributed by atoms with Crippen molar-refractivity contribution in [3.63, 3.8) is 0 Å². The third kappa shape index (κ3) is 3.33. The Morgan fingerprint density at radius 1 is 1.15 bits per heavy atom. The first-order valence-corrected chi connectivity index (χ1v) is 12.5. The zero-order chi connectivity index (χ0) is 22.9.